The van der Waals surface area contributed by atoms with Gasteiger partial charge in [-0.15, -0.1) is 0 Å². The van der Waals surface area contributed by atoms with Crippen LogP contribution in [0.3, 0.4) is 0 Å². The van der Waals surface area contributed by atoms with E-state index in [-0.39, 0.29) is 16.3 Å². The number of nitrogens with zero attached hydrogens (tertiary/aromatic N) is 1. The van der Waals surface area contributed by atoms with E-state index >= 15 is 0 Å². The highest BCUT2D eigenvalue weighted by Gasteiger charge is 2.24. The average Bonchev–Trinajstić information content (AvgIpc) is 3.17. The zero-order valence-corrected chi connectivity index (χ0v) is 12.6. The molecule has 1 aliphatic carbocycles. The van der Waals surface area contributed by atoms with Crippen LogP contribution in [0.1, 0.15) is 31.2 Å². The van der Waals surface area contributed by atoms with E-state index in [1.807, 2.05) is 0 Å². The number of nitrogens with two attached hydrogens (primary N) is 1. The van der Waals surface area contributed by atoms with Crippen molar-refractivity contribution in [2.24, 2.45) is 5.92 Å². The Balaban J connectivity index is 2.13. The molecule has 1 fully saturated rings. The number of nitro groups is 1. The van der Waals surface area contributed by atoms with Gasteiger partial charge in [0.2, 0.25) is 10.0 Å². The number of nitrogen functional groups attached to an aromatic ring is 1. The number of benzene rings is 1. The summed E-state index contributed by atoms with van der Waals surface area (Å²) in [4.78, 5) is 10.1. The Hall–Kier alpha value is -1.67. The third-order valence-electron chi connectivity index (χ3n) is 3.59. The normalized spacial score (nSPS) is 15.1. The Morgan fingerprint density at radius 2 is 2.10 bits per heavy atom. The number of sulfonamides is 1. The molecule has 0 amide bonds. The van der Waals surface area contributed by atoms with Gasteiger partial charge >= 0.3 is 0 Å². The highest BCUT2D eigenvalue weighted by atomic mass is 32.2. The average molecular weight is 313 g/mol. The van der Waals surface area contributed by atoms with Gasteiger partial charge in [0.1, 0.15) is 5.69 Å². The van der Waals surface area contributed by atoms with Crippen LogP contribution in [0.15, 0.2) is 17.0 Å². The van der Waals surface area contributed by atoms with E-state index in [4.69, 9.17) is 5.73 Å². The summed E-state index contributed by atoms with van der Waals surface area (Å²) >= 11 is 0. The summed E-state index contributed by atoms with van der Waals surface area (Å²) in [6.45, 7) is 1.91. The molecule has 0 radical (unpaired) electrons. The molecule has 1 aromatic carbocycles. The van der Waals surface area contributed by atoms with Gasteiger partial charge in [0.15, 0.2) is 0 Å². The van der Waals surface area contributed by atoms with Gasteiger partial charge in [-0.25, -0.2) is 13.1 Å². The Kier molecular flexibility index (Phi) is 4.48. The number of hydrogen-bond acceptors (Lipinski definition) is 5. The molecule has 0 saturated heterocycles. The second-order valence-electron chi connectivity index (χ2n) is 5.42. The van der Waals surface area contributed by atoms with Gasteiger partial charge in [0.05, 0.1) is 9.82 Å². The van der Waals surface area contributed by atoms with Crippen molar-refractivity contribution in [1.82, 2.24) is 4.72 Å². The molecule has 0 heterocycles. The van der Waals surface area contributed by atoms with Crippen LogP contribution in [0.25, 0.3) is 0 Å². The molecule has 0 spiro atoms. The third-order valence-corrected chi connectivity index (χ3v) is 5.19. The highest BCUT2D eigenvalue weighted by Crippen LogP contribution is 2.33. The van der Waals surface area contributed by atoms with E-state index in [0.717, 1.165) is 24.8 Å². The van der Waals surface area contributed by atoms with E-state index in [2.05, 4.69) is 4.72 Å². The van der Waals surface area contributed by atoms with Crippen molar-refractivity contribution in [3.63, 3.8) is 0 Å². The van der Waals surface area contributed by atoms with Crippen molar-refractivity contribution >= 4 is 21.4 Å². The van der Waals surface area contributed by atoms with E-state index in [1.165, 1.54) is 18.9 Å². The van der Waals surface area contributed by atoms with E-state index in [1.54, 1.807) is 6.92 Å². The lowest BCUT2D eigenvalue weighted by Gasteiger charge is -2.10. The van der Waals surface area contributed by atoms with Gasteiger partial charge in [-0.05, 0) is 37.3 Å². The Morgan fingerprint density at radius 3 is 2.67 bits per heavy atom. The molecule has 8 heteroatoms. The summed E-state index contributed by atoms with van der Waals surface area (Å²) in [5.74, 6) is 0.744. The predicted octanol–water partition coefficient (Wildman–Crippen LogP) is 1.95. The molecule has 0 aromatic heterocycles. The minimum absolute atomic E-state index is 0.0369. The molecular weight excluding hydrogens is 294 g/mol. The van der Waals surface area contributed by atoms with Crippen LogP contribution in [-0.2, 0) is 10.0 Å². The molecule has 1 aromatic rings. The Bertz CT molecular complexity index is 654. The van der Waals surface area contributed by atoms with Crippen molar-refractivity contribution in [2.75, 3.05) is 12.3 Å². The quantitative estimate of drug-likeness (QED) is 0.345. The molecule has 7 nitrogen and oxygen atoms in total. The molecule has 0 atom stereocenters. The fourth-order valence-electron chi connectivity index (χ4n) is 2.23. The minimum Gasteiger partial charge on any atom is -0.393 e. The third kappa shape index (κ3) is 3.92. The van der Waals surface area contributed by atoms with Crippen LogP contribution in [0, 0.1) is 23.0 Å². The summed E-state index contributed by atoms with van der Waals surface area (Å²) < 4.78 is 26.9. The zero-order chi connectivity index (χ0) is 15.6. The van der Waals surface area contributed by atoms with Crippen molar-refractivity contribution in [3.05, 3.63) is 27.8 Å². The van der Waals surface area contributed by atoms with Gasteiger partial charge in [0, 0.05) is 12.6 Å². The van der Waals surface area contributed by atoms with Crippen molar-refractivity contribution < 1.29 is 13.3 Å². The first-order chi connectivity index (χ1) is 9.81. The van der Waals surface area contributed by atoms with Crippen molar-refractivity contribution in [1.29, 1.82) is 0 Å². The van der Waals surface area contributed by atoms with Crippen LogP contribution in [0.2, 0.25) is 0 Å². The second-order valence-corrected chi connectivity index (χ2v) is 7.15. The topological polar surface area (TPSA) is 115 Å². The van der Waals surface area contributed by atoms with E-state index < -0.39 is 14.9 Å². The number of aryl methyl sites for hydroxylation is 1. The number of anilines is 1. The first-order valence-corrected chi connectivity index (χ1v) is 8.34. The fraction of sp³-hybridized carbons (Fsp3) is 0.538. The summed E-state index contributed by atoms with van der Waals surface area (Å²) in [6.07, 6.45) is 4.26. The Morgan fingerprint density at radius 1 is 1.43 bits per heavy atom. The first-order valence-electron chi connectivity index (χ1n) is 6.85. The molecule has 0 unspecified atom stereocenters. The standard InChI is InChI=1S/C13H19N3O4S/c1-9-7-11(14)12(16(17)18)8-13(9)21(19,20)15-6-2-3-10-4-5-10/h7-8,10,15H,2-6,14H2,1H3. The molecule has 1 saturated carbocycles. The zero-order valence-electron chi connectivity index (χ0n) is 11.8. The maximum Gasteiger partial charge on any atom is 0.293 e. The number of nitrogens with one attached hydrogen (secondary N) is 1. The lowest BCUT2D eigenvalue weighted by Crippen LogP contribution is -2.25. The van der Waals surface area contributed by atoms with Gasteiger partial charge in [-0.2, -0.15) is 0 Å². The number of rotatable bonds is 7. The van der Waals surface area contributed by atoms with Crippen LogP contribution in [-0.4, -0.2) is 19.9 Å². The van der Waals surface area contributed by atoms with E-state index in [9.17, 15) is 18.5 Å². The lowest BCUT2D eigenvalue weighted by atomic mass is 10.2. The number of hydrogen-bond donors (Lipinski definition) is 2. The van der Waals surface area contributed by atoms with E-state index in [0.29, 0.717) is 12.1 Å². The molecule has 116 valence electrons. The maximum atomic E-state index is 12.2. The van der Waals surface area contributed by atoms with Gasteiger partial charge < -0.3 is 5.73 Å². The fourth-order valence-corrected chi connectivity index (χ4v) is 3.55. The highest BCUT2D eigenvalue weighted by molar-refractivity contribution is 7.89. The second kappa shape index (κ2) is 5.98. The molecular formula is C13H19N3O4S. The largest absolute Gasteiger partial charge is 0.393 e. The van der Waals surface area contributed by atoms with Gasteiger partial charge in [0.25, 0.3) is 5.69 Å². The summed E-state index contributed by atoms with van der Waals surface area (Å²) in [7, 11) is -3.75. The summed E-state index contributed by atoms with van der Waals surface area (Å²) in [5.41, 5.74) is 5.51. The molecule has 3 N–H and O–H groups in total. The van der Waals surface area contributed by atoms with Crippen molar-refractivity contribution in [3.8, 4) is 0 Å². The van der Waals surface area contributed by atoms with Gasteiger partial charge in [-0.3, -0.25) is 10.1 Å². The SMILES string of the molecule is Cc1cc(N)c([N+](=O)[O-])cc1S(=O)(=O)NCCCC1CC1. The van der Waals surface area contributed by atoms with Crippen LogP contribution in [0.4, 0.5) is 11.4 Å². The van der Waals surface area contributed by atoms with Crippen molar-refractivity contribution in [2.45, 2.75) is 37.5 Å². The molecule has 2 rings (SSSR count). The van der Waals surface area contributed by atoms with Gasteiger partial charge in [-0.1, -0.05) is 12.8 Å². The van der Waals surface area contributed by atoms with Crippen LogP contribution < -0.4 is 10.5 Å². The van der Waals surface area contributed by atoms with Crippen LogP contribution in [0.5, 0.6) is 0 Å². The first kappa shape index (κ1) is 15.7. The minimum atomic E-state index is -3.75. The lowest BCUT2D eigenvalue weighted by molar-refractivity contribution is -0.384. The Labute approximate surface area is 123 Å². The molecule has 0 aliphatic heterocycles. The summed E-state index contributed by atoms with van der Waals surface area (Å²) in [6, 6.07) is 2.34. The maximum absolute atomic E-state index is 12.2. The molecule has 21 heavy (non-hydrogen) atoms. The summed E-state index contributed by atoms with van der Waals surface area (Å²) in [5, 5.41) is 10.9. The smallest absolute Gasteiger partial charge is 0.293 e. The number of nitro benzene ring substituents is 1. The molecule has 0 bridgehead atoms. The predicted molar refractivity (Wildman–Crippen MR) is 79.4 cm³/mol. The van der Waals surface area contributed by atoms with Crippen LogP contribution >= 0.6 is 0 Å². The monoisotopic (exact) mass is 313 g/mol. The molecule has 1 aliphatic rings.